The third kappa shape index (κ3) is 5.54. The molecule has 10 nitrogen and oxygen atoms in total. The molecule has 0 aliphatic heterocycles. The van der Waals surface area contributed by atoms with Crippen molar-refractivity contribution in [2.45, 2.75) is 13.0 Å². The van der Waals surface area contributed by atoms with E-state index in [0.717, 1.165) is 6.26 Å². The van der Waals surface area contributed by atoms with E-state index in [9.17, 15) is 13.2 Å². The van der Waals surface area contributed by atoms with Crippen LogP contribution in [-0.2, 0) is 10.0 Å². The molecular formula is C27H24ClN7O3S. The molecule has 5 aromatic rings. The van der Waals surface area contributed by atoms with Gasteiger partial charge in [-0.2, -0.15) is 4.98 Å². The minimum Gasteiger partial charge on any atom is -0.368 e. The molecular weight excluding hydrogens is 538 g/mol. The molecule has 198 valence electrons. The molecule has 1 unspecified atom stereocenters. The number of benzene rings is 3. The van der Waals surface area contributed by atoms with Gasteiger partial charge in [-0.15, -0.1) is 0 Å². The van der Waals surface area contributed by atoms with Crippen molar-refractivity contribution < 1.29 is 8.42 Å². The molecule has 0 amide bonds. The van der Waals surface area contributed by atoms with Gasteiger partial charge >= 0.3 is 0 Å². The fraction of sp³-hybridized carbons (Fsp3) is 0.111. The summed E-state index contributed by atoms with van der Waals surface area (Å²) < 4.78 is 27.5. The normalized spacial score (nSPS) is 12.3. The first-order valence-corrected chi connectivity index (χ1v) is 14.1. The first kappa shape index (κ1) is 26.1. The Morgan fingerprint density at radius 1 is 1.00 bits per heavy atom. The molecule has 2 heterocycles. The summed E-state index contributed by atoms with van der Waals surface area (Å²) in [7, 11) is -3.47. The van der Waals surface area contributed by atoms with Crippen LogP contribution in [0.5, 0.6) is 0 Å². The van der Waals surface area contributed by atoms with E-state index in [0.29, 0.717) is 50.1 Å². The van der Waals surface area contributed by atoms with Crippen molar-refractivity contribution in [2.24, 2.45) is 0 Å². The number of fused-ring (bicyclic) bond motifs is 1. The third-order valence-electron chi connectivity index (χ3n) is 5.91. The summed E-state index contributed by atoms with van der Waals surface area (Å²) in [5.74, 6) is 0.848. The Morgan fingerprint density at radius 3 is 2.49 bits per heavy atom. The second-order valence-corrected chi connectivity index (χ2v) is 11.0. The highest BCUT2D eigenvalue weighted by Gasteiger charge is 2.21. The Labute approximate surface area is 229 Å². The average Bonchev–Trinajstić information content (AvgIpc) is 2.88. The van der Waals surface area contributed by atoms with Gasteiger partial charge in [0.25, 0.3) is 5.56 Å². The molecule has 0 saturated carbocycles. The van der Waals surface area contributed by atoms with Crippen molar-refractivity contribution in [3.05, 3.63) is 100 Å². The predicted molar refractivity (Wildman–Crippen MR) is 155 cm³/mol. The molecule has 0 radical (unpaired) electrons. The molecule has 0 bridgehead atoms. The monoisotopic (exact) mass is 561 g/mol. The quantitative estimate of drug-likeness (QED) is 0.261. The van der Waals surface area contributed by atoms with E-state index in [1.807, 2.05) is 37.3 Å². The largest absolute Gasteiger partial charge is 0.368 e. The highest BCUT2D eigenvalue weighted by molar-refractivity contribution is 7.92. The van der Waals surface area contributed by atoms with Crippen LogP contribution in [0.15, 0.2) is 83.8 Å². The van der Waals surface area contributed by atoms with E-state index < -0.39 is 16.1 Å². The summed E-state index contributed by atoms with van der Waals surface area (Å²) in [5.41, 5.74) is 8.33. The number of nitrogens with one attached hydrogen (secondary N) is 2. The van der Waals surface area contributed by atoms with Crippen LogP contribution >= 0.6 is 11.6 Å². The van der Waals surface area contributed by atoms with E-state index in [1.165, 1.54) is 4.57 Å². The second kappa shape index (κ2) is 10.4. The van der Waals surface area contributed by atoms with Crippen molar-refractivity contribution in [3.63, 3.8) is 0 Å². The standard InChI is InChI=1S/C27H24ClN7O3S/c1-16(25-32-22-13-7-12-21(28)23(22)26(36)35(25)19-10-4-3-5-11-19)31-24-20(15-30-27(29)33-24)17-8-6-9-18(14-17)34-39(2,37)38/h3-16,34H,1-2H3,(H3,29,30,31,33). The summed E-state index contributed by atoms with van der Waals surface area (Å²) >= 11 is 6.40. The lowest BCUT2D eigenvalue weighted by molar-refractivity contribution is 0.607. The lowest BCUT2D eigenvalue weighted by Gasteiger charge is -2.21. The second-order valence-electron chi connectivity index (χ2n) is 8.89. The molecule has 12 heteroatoms. The minimum absolute atomic E-state index is 0.0394. The molecule has 0 spiro atoms. The Balaban J connectivity index is 1.63. The number of sulfonamides is 1. The van der Waals surface area contributed by atoms with E-state index in [-0.39, 0.29) is 11.5 Å². The number of nitrogens with two attached hydrogens (primary N) is 1. The first-order valence-electron chi connectivity index (χ1n) is 11.8. The number of halogens is 1. The maximum absolute atomic E-state index is 13.7. The lowest BCUT2D eigenvalue weighted by atomic mass is 10.1. The Hall–Kier alpha value is -4.48. The van der Waals surface area contributed by atoms with E-state index in [2.05, 4.69) is 20.0 Å². The maximum atomic E-state index is 13.7. The van der Waals surface area contributed by atoms with Crippen LogP contribution in [0.25, 0.3) is 27.7 Å². The molecule has 0 fully saturated rings. The predicted octanol–water partition coefficient (Wildman–Crippen LogP) is 4.62. The third-order valence-corrected chi connectivity index (χ3v) is 6.83. The molecule has 4 N–H and O–H groups in total. The molecule has 39 heavy (non-hydrogen) atoms. The maximum Gasteiger partial charge on any atom is 0.267 e. The Bertz CT molecular complexity index is 1860. The van der Waals surface area contributed by atoms with Gasteiger partial charge in [-0.25, -0.2) is 18.4 Å². The summed E-state index contributed by atoms with van der Waals surface area (Å²) in [5, 5.41) is 3.96. The van der Waals surface area contributed by atoms with Gasteiger partial charge < -0.3 is 11.1 Å². The number of rotatable bonds is 7. The van der Waals surface area contributed by atoms with E-state index in [4.69, 9.17) is 22.3 Å². The number of hydrogen-bond donors (Lipinski definition) is 3. The number of aromatic nitrogens is 4. The van der Waals surface area contributed by atoms with Gasteiger partial charge in [0.15, 0.2) is 0 Å². The number of nitrogen functional groups attached to an aromatic ring is 1. The van der Waals surface area contributed by atoms with Crippen LogP contribution in [-0.4, -0.2) is 34.2 Å². The van der Waals surface area contributed by atoms with E-state index in [1.54, 1.807) is 48.7 Å². The fourth-order valence-corrected chi connectivity index (χ4v) is 5.08. The lowest BCUT2D eigenvalue weighted by Crippen LogP contribution is -2.27. The average molecular weight is 562 g/mol. The highest BCUT2D eigenvalue weighted by Crippen LogP contribution is 2.31. The minimum atomic E-state index is -3.47. The molecule has 3 aromatic carbocycles. The summed E-state index contributed by atoms with van der Waals surface area (Å²) in [4.78, 5) is 27.1. The van der Waals surface area contributed by atoms with Crippen molar-refractivity contribution in [1.82, 2.24) is 19.5 Å². The van der Waals surface area contributed by atoms with Gasteiger partial charge in [0.2, 0.25) is 16.0 Å². The van der Waals surface area contributed by atoms with Gasteiger partial charge in [0, 0.05) is 17.4 Å². The van der Waals surface area contributed by atoms with Crippen LogP contribution in [0.4, 0.5) is 17.5 Å². The van der Waals surface area contributed by atoms with Gasteiger partial charge in [-0.3, -0.25) is 14.1 Å². The van der Waals surface area contributed by atoms with Gasteiger partial charge in [0.05, 0.1) is 33.9 Å². The van der Waals surface area contributed by atoms with Crippen LogP contribution < -0.4 is 21.3 Å². The van der Waals surface area contributed by atoms with E-state index >= 15 is 0 Å². The molecule has 5 rings (SSSR count). The number of para-hydroxylation sites is 1. The van der Waals surface area contributed by atoms with Gasteiger partial charge in [0.1, 0.15) is 11.6 Å². The number of anilines is 3. The van der Waals surface area contributed by atoms with Crippen molar-refractivity contribution >= 4 is 50.0 Å². The smallest absolute Gasteiger partial charge is 0.267 e. The molecule has 1 atom stereocenters. The summed E-state index contributed by atoms with van der Waals surface area (Å²) in [6.45, 7) is 1.85. The Kier molecular flexibility index (Phi) is 6.94. The molecule has 0 aliphatic rings. The molecule has 0 saturated heterocycles. The number of nitrogens with zero attached hydrogens (tertiary/aromatic N) is 4. The van der Waals surface area contributed by atoms with Crippen LogP contribution in [0.1, 0.15) is 18.8 Å². The SMILES string of the molecule is CC(Nc1nc(N)ncc1-c1cccc(NS(C)(=O)=O)c1)c1nc2cccc(Cl)c2c(=O)n1-c1ccccc1. The first-order chi connectivity index (χ1) is 18.6. The van der Waals surface area contributed by atoms with Gasteiger partial charge in [-0.1, -0.05) is 48.0 Å². The van der Waals surface area contributed by atoms with Crippen molar-refractivity contribution in [3.8, 4) is 16.8 Å². The topological polar surface area (TPSA) is 145 Å². The zero-order valence-corrected chi connectivity index (χ0v) is 22.5. The number of hydrogen-bond acceptors (Lipinski definition) is 8. The van der Waals surface area contributed by atoms with Crippen molar-refractivity contribution in [1.29, 1.82) is 0 Å². The molecule has 0 aliphatic carbocycles. The van der Waals surface area contributed by atoms with Crippen LogP contribution in [0, 0.1) is 0 Å². The summed E-state index contributed by atoms with van der Waals surface area (Å²) in [6, 6.07) is 20.6. The zero-order valence-electron chi connectivity index (χ0n) is 21.0. The fourth-order valence-electron chi connectivity index (χ4n) is 4.27. The van der Waals surface area contributed by atoms with Crippen molar-refractivity contribution in [2.75, 3.05) is 22.0 Å². The zero-order chi connectivity index (χ0) is 27.7. The Morgan fingerprint density at radius 2 is 1.74 bits per heavy atom. The highest BCUT2D eigenvalue weighted by atomic mass is 35.5. The van der Waals surface area contributed by atoms with Crippen LogP contribution in [0.2, 0.25) is 5.02 Å². The molecule has 2 aromatic heterocycles. The summed E-state index contributed by atoms with van der Waals surface area (Å²) in [6.07, 6.45) is 2.63. The van der Waals surface area contributed by atoms with Gasteiger partial charge in [-0.05, 0) is 48.9 Å². The van der Waals surface area contributed by atoms with Crippen LogP contribution in [0.3, 0.4) is 0 Å².